The number of hydrogen-bond donors (Lipinski definition) is 15. The lowest BCUT2D eigenvalue weighted by Gasteiger charge is -2.29. The number of nitrogens with two attached hydrogens (primary N) is 9. The molecule has 32 nitrogen and oxygen atoms in total. The molecule has 6 amide bonds. The van der Waals surface area contributed by atoms with Crippen LogP contribution in [0.1, 0.15) is 17.2 Å². The second-order valence-corrected chi connectivity index (χ2v) is 13.6. The van der Waals surface area contributed by atoms with E-state index in [4.69, 9.17) is 51.6 Å². The predicted molar refractivity (Wildman–Crippen MR) is 246 cm³/mol. The number of primary amides is 1. The number of amides is 6. The maximum absolute atomic E-state index is 14.1. The van der Waals surface area contributed by atoms with Crippen LogP contribution < -0.4 is 83.1 Å². The number of aliphatic imine (C=N–C) groups is 4. The van der Waals surface area contributed by atoms with Gasteiger partial charge in [0.2, 0.25) is 36.8 Å². The van der Waals surface area contributed by atoms with Crippen LogP contribution >= 0.6 is 0 Å². The first-order valence-electron chi connectivity index (χ1n) is 19.3. The molecule has 3 aromatic rings. The summed E-state index contributed by atoms with van der Waals surface area (Å²) in [6.45, 7) is -0.426. The van der Waals surface area contributed by atoms with Gasteiger partial charge in [-0.2, -0.15) is 0 Å². The molecule has 0 aliphatic rings. The molecule has 24 N–H and O–H groups in total. The summed E-state index contributed by atoms with van der Waals surface area (Å²) in [7, 11) is 0. The molecule has 6 unspecified atom stereocenters. The minimum Gasteiger partial charge on any atom is -0.370 e. The van der Waals surface area contributed by atoms with Crippen LogP contribution in [-0.2, 0) is 28.8 Å². The maximum Gasteiger partial charge on any atom is 0.299 e. The molecule has 69 heavy (non-hydrogen) atoms. The Labute approximate surface area is 388 Å². The molecule has 0 aliphatic carbocycles. The van der Waals surface area contributed by atoms with Crippen molar-refractivity contribution in [2.75, 3.05) is 11.4 Å². The van der Waals surface area contributed by atoms with Gasteiger partial charge in [-0.1, -0.05) is 72.8 Å². The van der Waals surface area contributed by atoms with Crippen molar-refractivity contribution in [1.29, 1.82) is 0 Å². The lowest BCUT2D eigenvalue weighted by molar-refractivity contribution is -0.393. The molecule has 0 bridgehead atoms. The zero-order valence-electron chi connectivity index (χ0n) is 35.7. The fraction of sp³-hybridized carbons (Fsp3) is 0.189. The highest BCUT2D eigenvalue weighted by atomic mass is 16.6. The molecule has 0 fully saturated rings. The van der Waals surface area contributed by atoms with Gasteiger partial charge in [-0.25, -0.2) is 20.0 Å². The van der Waals surface area contributed by atoms with Crippen molar-refractivity contribution in [2.45, 2.75) is 36.9 Å². The third kappa shape index (κ3) is 16.4. The smallest absolute Gasteiger partial charge is 0.299 e. The van der Waals surface area contributed by atoms with E-state index in [1.165, 1.54) is 36.4 Å². The van der Waals surface area contributed by atoms with Gasteiger partial charge in [0.15, 0.2) is 23.8 Å². The fourth-order valence-corrected chi connectivity index (χ4v) is 5.61. The third-order valence-corrected chi connectivity index (χ3v) is 8.54. The SMILES string of the molecule is NC(=O)C(N=C(N)N)NC(=O)C(N=C(N)N)NC(=O)C(N=C(N)N)NC(=O)C(N=C(N)N)NC(=O)C(NC(=O)C(O)N(CC=Cc1ccccc1)c1ccc([N+](=O)[O-])cc1[N+](=O)[O-])c1ccccc1. The Morgan fingerprint density at radius 3 is 1.45 bits per heavy atom. The largest absolute Gasteiger partial charge is 0.370 e. The highest BCUT2D eigenvalue weighted by molar-refractivity contribution is 5.99. The molecule has 32 heteroatoms. The molecule has 0 saturated heterocycles. The van der Waals surface area contributed by atoms with E-state index >= 15 is 0 Å². The quantitative estimate of drug-likeness (QED) is 0.0138. The second-order valence-electron chi connectivity index (χ2n) is 13.6. The summed E-state index contributed by atoms with van der Waals surface area (Å²) in [5.74, 6) is -11.3. The number of aliphatic hydroxyl groups excluding tert-OH is 1. The molecule has 3 rings (SSSR count). The van der Waals surface area contributed by atoms with Crippen LogP contribution in [-0.4, -0.2) is 112 Å². The van der Waals surface area contributed by atoms with Gasteiger partial charge in [0.05, 0.1) is 15.9 Å². The van der Waals surface area contributed by atoms with E-state index in [0.717, 1.165) is 17.0 Å². The Hall–Kier alpha value is -10.1. The molecule has 0 saturated carbocycles. The summed E-state index contributed by atoms with van der Waals surface area (Å²) in [6, 6.07) is 16.4. The number of rotatable bonds is 23. The highest BCUT2D eigenvalue weighted by Crippen LogP contribution is 2.33. The molecule has 6 atom stereocenters. The molecule has 0 aromatic heterocycles. The number of nitrogens with zero attached hydrogens (tertiary/aromatic N) is 7. The zero-order valence-corrected chi connectivity index (χ0v) is 35.7. The first-order valence-corrected chi connectivity index (χ1v) is 19.3. The summed E-state index contributed by atoms with van der Waals surface area (Å²) >= 11 is 0. The van der Waals surface area contributed by atoms with E-state index < -0.39 is 130 Å². The van der Waals surface area contributed by atoms with Crippen LogP contribution in [0.3, 0.4) is 0 Å². The lowest BCUT2D eigenvalue weighted by Crippen LogP contribution is -2.58. The molecular formula is C37H47N21O11. The average molecular weight is 962 g/mol. The second kappa shape index (κ2) is 24.8. The lowest BCUT2D eigenvalue weighted by atomic mass is 10.1. The standard InChI is InChI=1S/C37H47N21O11/c38-23(59)24(52-34(39)40)48-29(61)26(54-36(43)44)50-31(63)27(55-37(45)46)51-30(62)25(53-35(41)42)49-28(60)22(18-11-5-2-6-12-18)47-32(64)33(65)56(15-7-10-17-8-3-1-4-9-17)20-14-13-19(57(66)67)16-21(20)58(68)69/h1-14,16,22,24-27,33,65H,15H2,(H2,38,59)(H,47,64)(H,48,61)(H,49,60)(H,50,63)(H,51,62)(H4,39,40,52)(H4,41,42,53)(H4,43,44,54)(H4,45,46,55). The molecule has 0 radical (unpaired) electrons. The number of nitro groups is 2. The number of guanidine groups is 4. The Kier molecular flexibility index (Phi) is 19.1. The number of anilines is 1. The van der Waals surface area contributed by atoms with E-state index in [2.05, 4.69) is 30.6 Å². The van der Waals surface area contributed by atoms with Crippen molar-refractivity contribution >= 4 is 82.4 Å². The van der Waals surface area contributed by atoms with Crippen molar-refractivity contribution in [3.05, 3.63) is 116 Å². The van der Waals surface area contributed by atoms with E-state index in [1.54, 1.807) is 36.4 Å². The Bertz CT molecular complexity index is 2540. The number of aliphatic hydroxyl groups is 1. The maximum atomic E-state index is 14.1. The number of nitrogens with one attached hydrogen (secondary N) is 5. The van der Waals surface area contributed by atoms with Crippen molar-refractivity contribution in [2.24, 2.45) is 71.6 Å². The summed E-state index contributed by atoms with van der Waals surface area (Å²) in [5, 5.41) is 45.7. The molecule has 0 aliphatic heterocycles. The van der Waals surface area contributed by atoms with E-state index in [9.17, 15) is 54.1 Å². The van der Waals surface area contributed by atoms with Crippen LogP contribution in [0, 0.1) is 20.2 Å². The summed E-state index contributed by atoms with van der Waals surface area (Å²) in [5.41, 5.74) is 47.3. The Balaban J connectivity index is 2.00. The Morgan fingerprint density at radius 1 is 0.580 bits per heavy atom. The van der Waals surface area contributed by atoms with Crippen LogP contribution in [0.2, 0.25) is 0 Å². The van der Waals surface area contributed by atoms with E-state index in [1.807, 2.05) is 16.0 Å². The minimum atomic E-state index is -2.36. The first-order chi connectivity index (χ1) is 32.5. The molecule has 0 spiro atoms. The summed E-state index contributed by atoms with van der Waals surface area (Å²) in [6.07, 6.45) is -7.80. The third-order valence-electron chi connectivity index (χ3n) is 8.54. The zero-order chi connectivity index (χ0) is 51.5. The van der Waals surface area contributed by atoms with Gasteiger partial charge in [-0.15, -0.1) is 0 Å². The van der Waals surface area contributed by atoms with Gasteiger partial charge < -0.3 is 88.2 Å². The number of nitro benzene ring substituents is 2. The van der Waals surface area contributed by atoms with Crippen LogP contribution in [0.15, 0.2) is 105 Å². The monoisotopic (exact) mass is 961 g/mol. The number of non-ortho nitro benzene ring substituents is 1. The van der Waals surface area contributed by atoms with Crippen molar-refractivity contribution in [1.82, 2.24) is 26.6 Å². The molecule has 366 valence electrons. The van der Waals surface area contributed by atoms with Crippen LogP contribution in [0.4, 0.5) is 17.1 Å². The fourth-order valence-electron chi connectivity index (χ4n) is 5.61. The summed E-state index contributed by atoms with van der Waals surface area (Å²) in [4.78, 5) is 117. The van der Waals surface area contributed by atoms with Gasteiger partial charge in [-0.05, 0) is 17.2 Å². The molecule has 0 heterocycles. The van der Waals surface area contributed by atoms with Crippen LogP contribution in [0.25, 0.3) is 6.08 Å². The topological polar surface area (TPSA) is 556 Å². The van der Waals surface area contributed by atoms with Crippen molar-refractivity contribution in [3.8, 4) is 0 Å². The van der Waals surface area contributed by atoms with E-state index in [0.29, 0.717) is 11.6 Å². The Morgan fingerprint density at radius 2 is 1.01 bits per heavy atom. The number of carbonyl (C=O) groups excluding carboxylic acids is 6. The predicted octanol–water partition coefficient (Wildman–Crippen LogP) is -6.45. The average Bonchev–Trinajstić information content (AvgIpc) is 3.28. The number of hydrogen-bond acceptors (Lipinski definition) is 16. The van der Waals surface area contributed by atoms with Gasteiger partial charge >= 0.3 is 0 Å². The van der Waals surface area contributed by atoms with E-state index in [-0.39, 0.29) is 5.56 Å². The van der Waals surface area contributed by atoms with Crippen LogP contribution in [0.5, 0.6) is 0 Å². The van der Waals surface area contributed by atoms with Crippen molar-refractivity contribution < 1.29 is 43.7 Å². The van der Waals surface area contributed by atoms with Gasteiger partial charge in [0, 0.05) is 12.6 Å². The normalized spacial score (nSPS) is 13.2. The highest BCUT2D eigenvalue weighted by Gasteiger charge is 2.36. The van der Waals surface area contributed by atoms with Gasteiger partial charge in [0.25, 0.3) is 40.9 Å². The number of benzene rings is 3. The summed E-state index contributed by atoms with van der Waals surface area (Å²) < 4.78 is 0. The minimum absolute atomic E-state index is 0.0106. The number of carbonyl (C=O) groups is 6. The molecular weight excluding hydrogens is 915 g/mol. The van der Waals surface area contributed by atoms with Gasteiger partial charge in [-0.3, -0.25) is 49.0 Å². The first kappa shape index (κ1) is 53.2. The molecule has 3 aromatic carbocycles. The van der Waals surface area contributed by atoms with Gasteiger partial charge in [0.1, 0.15) is 11.7 Å². The van der Waals surface area contributed by atoms with Crippen molar-refractivity contribution in [3.63, 3.8) is 0 Å².